The summed E-state index contributed by atoms with van der Waals surface area (Å²) in [6, 6.07) is 12.9. The molecule has 1 fully saturated rings. The monoisotopic (exact) mass is 367 g/mol. The van der Waals surface area contributed by atoms with Crippen molar-refractivity contribution in [2.24, 2.45) is 0 Å². The van der Waals surface area contributed by atoms with Gasteiger partial charge in [0.15, 0.2) is 0 Å². The van der Waals surface area contributed by atoms with E-state index in [0.717, 1.165) is 25.1 Å². The van der Waals surface area contributed by atoms with Crippen LogP contribution in [0.25, 0.3) is 0 Å². The molecule has 0 spiro atoms. The Bertz CT molecular complexity index is 762. The summed E-state index contributed by atoms with van der Waals surface area (Å²) in [5.41, 5.74) is 1.31. The van der Waals surface area contributed by atoms with E-state index in [2.05, 4.69) is 56.2 Å². The van der Waals surface area contributed by atoms with E-state index in [-0.39, 0.29) is 6.10 Å². The van der Waals surface area contributed by atoms with Gasteiger partial charge in [-0.25, -0.2) is 4.98 Å². The second kappa shape index (κ2) is 8.41. The average molecular weight is 368 g/mol. The number of anilines is 1. The van der Waals surface area contributed by atoms with Crippen molar-refractivity contribution >= 4 is 17.0 Å². The molecule has 0 aliphatic carbocycles. The zero-order valence-corrected chi connectivity index (χ0v) is 15.8. The zero-order chi connectivity index (χ0) is 17.6. The smallest absolute Gasteiger partial charge is 0.119 e. The Morgan fingerprint density at radius 1 is 1.12 bits per heavy atom. The maximum atomic E-state index is 6.34. The minimum Gasteiger partial charge on any atom is -0.489 e. The third-order valence-corrected chi connectivity index (χ3v) is 5.81. The van der Waals surface area contributed by atoms with E-state index in [1.165, 1.54) is 36.5 Å². The Morgan fingerprint density at radius 2 is 1.96 bits per heavy atom. The number of aromatic nitrogens is 2. The fraction of sp³-hybridized carbons (Fsp3) is 0.381. The molecule has 136 valence electrons. The maximum absolute atomic E-state index is 6.34. The van der Waals surface area contributed by atoms with Gasteiger partial charge in [0.25, 0.3) is 0 Å². The van der Waals surface area contributed by atoms with Crippen molar-refractivity contribution in [3.05, 3.63) is 65.4 Å². The first-order chi connectivity index (χ1) is 12.9. The highest BCUT2D eigenvalue weighted by atomic mass is 32.1. The molecule has 0 bridgehead atoms. The molecular formula is C21H25N3OS. The summed E-state index contributed by atoms with van der Waals surface area (Å²) < 4.78 is 8.44. The number of hydrogen-bond acceptors (Lipinski definition) is 4. The van der Waals surface area contributed by atoms with Crippen LogP contribution in [-0.4, -0.2) is 28.7 Å². The highest BCUT2D eigenvalue weighted by molar-refractivity contribution is 7.09. The number of imidazole rings is 1. The Morgan fingerprint density at radius 3 is 2.65 bits per heavy atom. The molecule has 1 atom stereocenters. The number of benzene rings is 1. The number of hydrogen-bond donors (Lipinski definition) is 0. The van der Waals surface area contributed by atoms with Crippen molar-refractivity contribution in [1.82, 2.24) is 9.55 Å². The molecule has 26 heavy (non-hydrogen) atoms. The summed E-state index contributed by atoms with van der Waals surface area (Å²) in [7, 11) is 0. The first-order valence-electron chi connectivity index (χ1n) is 9.36. The Balaban J connectivity index is 1.40. The van der Waals surface area contributed by atoms with Gasteiger partial charge in [-0.05, 0) is 61.4 Å². The fourth-order valence-corrected chi connectivity index (χ4v) is 4.20. The van der Waals surface area contributed by atoms with Gasteiger partial charge in [0.2, 0.25) is 0 Å². The number of thiophene rings is 1. The topological polar surface area (TPSA) is 30.3 Å². The molecule has 1 aliphatic heterocycles. The largest absolute Gasteiger partial charge is 0.489 e. The predicted octanol–water partition coefficient (Wildman–Crippen LogP) is 4.63. The van der Waals surface area contributed by atoms with E-state index in [1.807, 2.05) is 30.1 Å². The van der Waals surface area contributed by atoms with E-state index in [1.54, 1.807) is 0 Å². The maximum Gasteiger partial charge on any atom is 0.119 e. The molecule has 4 rings (SSSR count). The first kappa shape index (κ1) is 17.2. The molecule has 1 aliphatic rings. The van der Waals surface area contributed by atoms with E-state index >= 15 is 0 Å². The van der Waals surface area contributed by atoms with Crippen LogP contribution < -0.4 is 9.64 Å². The highest BCUT2D eigenvalue weighted by Gasteiger charge is 2.15. The lowest BCUT2D eigenvalue weighted by Crippen LogP contribution is -2.23. The quantitative estimate of drug-likeness (QED) is 0.582. The van der Waals surface area contributed by atoms with Crippen molar-refractivity contribution in [2.75, 3.05) is 18.0 Å². The van der Waals surface area contributed by atoms with Gasteiger partial charge < -0.3 is 14.2 Å². The zero-order valence-electron chi connectivity index (χ0n) is 15.0. The van der Waals surface area contributed by atoms with Crippen LogP contribution in [0.3, 0.4) is 0 Å². The SMILES string of the molecule is c1csc(CCC(Cn2ccnc2)Oc2ccc(N3CCCC3)cc2)c1. The molecule has 3 heterocycles. The van der Waals surface area contributed by atoms with Crippen molar-refractivity contribution in [3.8, 4) is 5.75 Å². The van der Waals surface area contributed by atoms with Crippen LogP contribution in [0.15, 0.2) is 60.5 Å². The Labute approximate surface area is 159 Å². The highest BCUT2D eigenvalue weighted by Crippen LogP contribution is 2.24. The third kappa shape index (κ3) is 4.47. The molecule has 2 aromatic heterocycles. The van der Waals surface area contributed by atoms with Crippen molar-refractivity contribution in [2.45, 2.75) is 38.3 Å². The number of nitrogens with zero attached hydrogens (tertiary/aromatic N) is 3. The fourth-order valence-electron chi connectivity index (χ4n) is 3.48. The summed E-state index contributed by atoms with van der Waals surface area (Å²) in [4.78, 5) is 8.01. The van der Waals surface area contributed by atoms with Crippen LogP contribution in [0.2, 0.25) is 0 Å². The Kier molecular flexibility index (Phi) is 5.55. The summed E-state index contributed by atoms with van der Waals surface area (Å²) in [6.45, 7) is 3.16. The van der Waals surface area contributed by atoms with Crippen LogP contribution in [0.5, 0.6) is 5.75 Å². The molecule has 0 saturated carbocycles. The lowest BCUT2D eigenvalue weighted by Gasteiger charge is -2.21. The predicted molar refractivity (Wildman–Crippen MR) is 107 cm³/mol. The van der Waals surface area contributed by atoms with E-state index in [9.17, 15) is 0 Å². The van der Waals surface area contributed by atoms with Gasteiger partial charge >= 0.3 is 0 Å². The van der Waals surface area contributed by atoms with Crippen LogP contribution >= 0.6 is 11.3 Å². The second-order valence-corrected chi connectivity index (χ2v) is 7.84. The second-order valence-electron chi connectivity index (χ2n) is 6.81. The van der Waals surface area contributed by atoms with Crippen molar-refractivity contribution in [3.63, 3.8) is 0 Å². The van der Waals surface area contributed by atoms with Gasteiger partial charge in [0, 0.05) is 36.0 Å². The van der Waals surface area contributed by atoms with Gasteiger partial charge in [-0.15, -0.1) is 11.3 Å². The van der Waals surface area contributed by atoms with Gasteiger partial charge in [0.1, 0.15) is 11.9 Å². The van der Waals surface area contributed by atoms with Crippen LogP contribution in [0.4, 0.5) is 5.69 Å². The van der Waals surface area contributed by atoms with Crippen LogP contribution in [0, 0.1) is 0 Å². The summed E-state index contributed by atoms with van der Waals surface area (Å²) in [6.07, 6.45) is 10.4. The van der Waals surface area contributed by atoms with Gasteiger partial charge in [-0.3, -0.25) is 0 Å². The molecule has 4 nitrogen and oxygen atoms in total. The van der Waals surface area contributed by atoms with Crippen molar-refractivity contribution in [1.29, 1.82) is 0 Å². The molecule has 0 amide bonds. The molecule has 3 aromatic rings. The molecule has 1 aromatic carbocycles. The molecule has 1 unspecified atom stereocenters. The van der Waals surface area contributed by atoms with Gasteiger partial charge in [-0.2, -0.15) is 0 Å². The lowest BCUT2D eigenvalue weighted by molar-refractivity contribution is 0.170. The van der Waals surface area contributed by atoms with Crippen molar-refractivity contribution < 1.29 is 4.74 Å². The molecule has 0 N–H and O–H groups in total. The standard InChI is InChI=1S/C21H25N3OS/c1-2-13-24(12-1)18-5-7-19(8-6-18)25-20(16-23-14-11-22-17-23)9-10-21-4-3-15-26-21/h3-8,11,14-15,17,20H,1-2,9-10,12-13,16H2. The number of aryl methyl sites for hydroxylation is 1. The first-order valence-corrected chi connectivity index (χ1v) is 10.2. The van der Waals surface area contributed by atoms with Crippen LogP contribution in [-0.2, 0) is 13.0 Å². The van der Waals surface area contributed by atoms with Gasteiger partial charge in [0.05, 0.1) is 12.9 Å². The molecule has 0 radical (unpaired) electrons. The summed E-state index contributed by atoms with van der Waals surface area (Å²) in [5, 5.41) is 2.14. The van der Waals surface area contributed by atoms with E-state index in [0.29, 0.717) is 0 Å². The summed E-state index contributed by atoms with van der Waals surface area (Å²) in [5.74, 6) is 0.948. The van der Waals surface area contributed by atoms with Crippen LogP contribution in [0.1, 0.15) is 24.1 Å². The van der Waals surface area contributed by atoms with E-state index < -0.39 is 0 Å². The number of rotatable bonds is 8. The average Bonchev–Trinajstić information content (AvgIpc) is 3.43. The minimum atomic E-state index is 0.129. The summed E-state index contributed by atoms with van der Waals surface area (Å²) >= 11 is 1.82. The molecule has 1 saturated heterocycles. The normalized spacial score (nSPS) is 15.3. The van der Waals surface area contributed by atoms with Gasteiger partial charge in [-0.1, -0.05) is 6.07 Å². The Hall–Kier alpha value is -2.27. The van der Waals surface area contributed by atoms with E-state index in [4.69, 9.17) is 4.74 Å². The molecule has 5 heteroatoms. The lowest BCUT2D eigenvalue weighted by atomic mass is 10.1. The minimum absolute atomic E-state index is 0.129. The molecular weight excluding hydrogens is 342 g/mol. The number of ether oxygens (including phenoxy) is 1. The third-order valence-electron chi connectivity index (χ3n) is 4.88.